The number of rotatable bonds is 6. The fraction of sp³-hybridized carbons (Fsp3) is 0.357. The molecule has 0 radical (unpaired) electrons. The SMILES string of the molecule is CC(C)(C(=O)NCCNC(=O)c1ccn[nH]1)c1cccs1. The van der Waals surface area contributed by atoms with E-state index in [4.69, 9.17) is 0 Å². The summed E-state index contributed by atoms with van der Waals surface area (Å²) >= 11 is 1.56. The number of amides is 2. The number of nitrogens with one attached hydrogen (secondary N) is 3. The van der Waals surface area contributed by atoms with E-state index in [1.807, 2.05) is 31.4 Å². The number of hydrogen-bond acceptors (Lipinski definition) is 4. The molecular formula is C14H18N4O2S. The van der Waals surface area contributed by atoms with Crippen molar-refractivity contribution >= 4 is 23.2 Å². The van der Waals surface area contributed by atoms with Crippen LogP contribution >= 0.6 is 11.3 Å². The molecule has 0 aliphatic carbocycles. The van der Waals surface area contributed by atoms with E-state index < -0.39 is 5.41 Å². The van der Waals surface area contributed by atoms with E-state index in [1.54, 1.807) is 17.4 Å². The Hall–Kier alpha value is -2.15. The van der Waals surface area contributed by atoms with E-state index in [-0.39, 0.29) is 11.8 Å². The van der Waals surface area contributed by atoms with Crippen molar-refractivity contribution in [3.8, 4) is 0 Å². The molecule has 2 aromatic rings. The van der Waals surface area contributed by atoms with Crippen LogP contribution in [0.4, 0.5) is 0 Å². The molecule has 0 saturated carbocycles. The van der Waals surface area contributed by atoms with Gasteiger partial charge in [0.1, 0.15) is 5.69 Å². The van der Waals surface area contributed by atoms with Gasteiger partial charge in [0.25, 0.3) is 5.91 Å². The molecule has 7 heteroatoms. The van der Waals surface area contributed by atoms with Crippen LogP contribution in [0.15, 0.2) is 29.8 Å². The molecule has 21 heavy (non-hydrogen) atoms. The number of aromatic nitrogens is 2. The maximum absolute atomic E-state index is 12.2. The number of H-pyrrole nitrogens is 1. The third-order valence-corrected chi connectivity index (χ3v) is 4.34. The highest BCUT2D eigenvalue weighted by Crippen LogP contribution is 2.27. The molecule has 112 valence electrons. The van der Waals surface area contributed by atoms with E-state index in [2.05, 4.69) is 20.8 Å². The molecule has 2 rings (SSSR count). The summed E-state index contributed by atoms with van der Waals surface area (Å²) in [5.74, 6) is -0.292. The lowest BCUT2D eigenvalue weighted by Gasteiger charge is -2.22. The summed E-state index contributed by atoms with van der Waals surface area (Å²) < 4.78 is 0. The highest BCUT2D eigenvalue weighted by atomic mass is 32.1. The van der Waals surface area contributed by atoms with Crippen molar-refractivity contribution in [2.45, 2.75) is 19.3 Å². The van der Waals surface area contributed by atoms with Gasteiger partial charge in [-0.2, -0.15) is 5.10 Å². The lowest BCUT2D eigenvalue weighted by Crippen LogP contribution is -2.43. The fourth-order valence-electron chi connectivity index (χ4n) is 1.80. The van der Waals surface area contributed by atoms with Gasteiger partial charge in [-0.3, -0.25) is 14.7 Å². The molecule has 0 aromatic carbocycles. The van der Waals surface area contributed by atoms with Gasteiger partial charge < -0.3 is 10.6 Å². The monoisotopic (exact) mass is 306 g/mol. The van der Waals surface area contributed by atoms with Crippen molar-refractivity contribution in [1.82, 2.24) is 20.8 Å². The molecule has 2 amide bonds. The second kappa shape index (κ2) is 6.53. The predicted molar refractivity (Wildman–Crippen MR) is 81.3 cm³/mol. The highest BCUT2D eigenvalue weighted by Gasteiger charge is 2.30. The fourth-order valence-corrected chi connectivity index (χ4v) is 2.64. The number of hydrogen-bond donors (Lipinski definition) is 3. The number of carbonyl (C=O) groups excluding carboxylic acids is 2. The molecule has 2 heterocycles. The zero-order valence-electron chi connectivity index (χ0n) is 12.0. The third kappa shape index (κ3) is 3.69. The summed E-state index contributed by atoms with van der Waals surface area (Å²) in [5.41, 5.74) is -0.165. The Balaban J connectivity index is 1.76. The van der Waals surface area contributed by atoms with E-state index in [1.165, 1.54) is 6.20 Å². The molecule has 0 bridgehead atoms. The topological polar surface area (TPSA) is 86.9 Å². The first-order valence-electron chi connectivity index (χ1n) is 6.61. The van der Waals surface area contributed by atoms with Gasteiger partial charge in [0.15, 0.2) is 0 Å². The first-order valence-corrected chi connectivity index (χ1v) is 7.49. The van der Waals surface area contributed by atoms with Crippen molar-refractivity contribution < 1.29 is 9.59 Å². The minimum atomic E-state index is -0.568. The third-order valence-electron chi connectivity index (χ3n) is 3.15. The first-order chi connectivity index (χ1) is 10.0. The Morgan fingerprint density at radius 2 is 2.05 bits per heavy atom. The summed E-state index contributed by atoms with van der Waals surface area (Å²) in [6, 6.07) is 5.47. The zero-order valence-corrected chi connectivity index (χ0v) is 12.8. The normalized spacial score (nSPS) is 11.1. The number of aromatic amines is 1. The van der Waals surface area contributed by atoms with Crippen LogP contribution < -0.4 is 10.6 Å². The Morgan fingerprint density at radius 1 is 1.29 bits per heavy atom. The van der Waals surface area contributed by atoms with Crippen molar-refractivity contribution in [2.24, 2.45) is 0 Å². The van der Waals surface area contributed by atoms with Crippen molar-refractivity contribution in [2.75, 3.05) is 13.1 Å². The van der Waals surface area contributed by atoms with Crippen LogP contribution in [0.5, 0.6) is 0 Å². The van der Waals surface area contributed by atoms with E-state index in [0.717, 1.165) is 4.88 Å². The molecule has 0 fully saturated rings. The molecule has 6 nitrogen and oxygen atoms in total. The second-order valence-corrected chi connectivity index (χ2v) is 6.03. The van der Waals surface area contributed by atoms with Crippen LogP contribution in [-0.2, 0) is 10.2 Å². The summed E-state index contributed by atoms with van der Waals surface area (Å²) in [5, 5.41) is 13.8. The van der Waals surface area contributed by atoms with Crippen LogP contribution in [0.3, 0.4) is 0 Å². The van der Waals surface area contributed by atoms with Crippen LogP contribution in [-0.4, -0.2) is 35.1 Å². The Bertz CT molecular complexity index is 591. The Labute approximate surface area is 127 Å². The highest BCUT2D eigenvalue weighted by molar-refractivity contribution is 7.10. The first kappa shape index (κ1) is 15.2. The molecule has 0 saturated heterocycles. The quantitative estimate of drug-likeness (QED) is 0.703. The molecule has 0 spiro atoms. The summed E-state index contributed by atoms with van der Waals surface area (Å²) in [7, 11) is 0. The minimum Gasteiger partial charge on any atom is -0.354 e. The second-order valence-electron chi connectivity index (χ2n) is 5.08. The van der Waals surface area contributed by atoms with Gasteiger partial charge in [-0.15, -0.1) is 11.3 Å². The van der Waals surface area contributed by atoms with Gasteiger partial charge in [-0.1, -0.05) is 6.07 Å². The summed E-state index contributed by atoms with van der Waals surface area (Å²) in [6.07, 6.45) is 1.51. The van der Waals surface area contributed by atoms with Crippen molar-refractivity contribution in [1.29, 1.82) is 0 Å². The molecule has 0 aliphatic rings. The standard InChI is InChI=1S/C14H18N4O2S/c1-14(2,11-4-3-9-21-11)13(20)16-8-7-15-12(19)10-5-6-17-18-10/h3-6,9H,7-8H2,1-2H3,(H,15,19)(H,16,20)(H,17,18). The molecule has 0 atom stereocenters. The number of thiophene rings is 1. The van der Waals surface area contributed by atoms with Crippen LogP contribution in [0.25, 0.3) is 0 Å². The van der Waals surface area contributed by atoms with Gasteiger partial charge in [0, 0.05) is 24.2 Å². The number of nitrogens with zero attached hydrogens (tertiary/aromatic N) is 1. The van der Waals surface area contributed by atoms with Crippen molar-refractivity contribution in [3.63, 3.8) is 0 Å². The van der Waals surface area contributed by atoms with Gasteiger partial charge >= 0.3 is 0 Å². The average Bonchev–Trinajstić information content (AvgIpc) is 3.15. The van der Waals surface area contributed by atoms with Gasteiger partial charge in [0.2, 0.25) is 5.91 Å². The zero-order chi connectivity index (χ0) is 15.3. The molecule has 3 N–H and O–H groups in total. The van der Waals surface area contributed by atoms with Crippen molar-refractivity contribution in [3.05, 3.63) is 40.3 Å². The van der Waals surface area contributed by atoms with Crippen LogP contribution in [0.1, 0.15) is 29.2 Å². The van der Waals surface area contributed by atoms with Gasteiger partial charge in [-0.25, -0.2) is 0 Å². The van der Waals surface area contributed by atoms with E-state index in [0.29, 0.717) is 18.8 Å². The maximum atomic E-state index is 12.2. The van der Waals surface area contributed by atoms with Gasteiger partial charge in [0.05, 0.1) is 5.41 Å². The molecule has 0 aliphatic heterocycles. The maximum Gasteiger partial charge on any atom is 0.269 e. The predicted octanol–water partition coefficient (Wildman–Crippen LogP) is 1.29. The summed E-state index contributed by atoms with van der Waals surface area (Å²) in [4.78, 5) is 24.9. The van der Waals surface area contributed by atoms with Crippen LogP contribution in [0.2, 0.25) is 0 Å². The largest absolute Gasteiger partial charge is 0.354 e. The van der Waals surface area contributed by atoms with E-state index in [9.17, 15) is 9.59 Å². The summed E-state index contributed by atoms with van der Waals surface area (Å²) in [6.45, 7) is 4.52. The Morgan fingerprint density at radius 3 is 2.67 bits per heavy atom. The molecule has 0 unspecified atom stereocenters. The molecular weight excluding hydrogens is 288 g/mol. The smallest absolute Gasteiger partial charge is 0.269 e. The molecule has 2 aromatic heterocycles. The van der Waals surface area contributed by atoms with Gasteiger partial charge in [-0.05, 0) is 31.4 Å². The Kier molecular flexibility index (Phi) is 4.74. The minimum absolute atomic E-state index is 0.0549. The van der Waals surface area contributed by atoms with E-state index >= 15 is 0 Å². The lowest BCUT2D eigenvalue weighted by molar-refractivity contribution is -0.125. The number of carbonyl (C=O) groups is 2. The van der Waals surface area contributed by atoms with Crippen LogP contribution in [0, 0.1) is 0 Å². The lowest BCUT2D eigenvalue weighted by atomic mass is 9.90. The average molecular weight is 306 g/mol.